The van der Waals surface area contributed by atoms with Crippen LogP contribution >= 0.6 is 0 Å². The van der Waals surface area contributed by atoms with E-state index in [0.717, 1.165) is 5.56 Å². The van der Waals surface area contributed by atoms with Crippen molar-refractivity contribution >= 4 is 17.3 Å². The van der Waals surface area contributed by atoms with Gasteiger partial charge in [0.05, 0.1) is 35.3 Å². The first-order valence-electron chi connectivity index (χ1n) is 7.72. The van der Waals surface area contributed by atoms with Crippen molar-refractivity contribution in [3.05, 3.63) is 82.1 Å². The van der Waals surface area contributed by atoms with E-state index in [4.69, 9.17) is 9.15 Å². The van der Waals surface area contributed by atoms with Crippen LogP contribution in [-0.4, -0.2) is 12.0 Å². The maximum Gasteiger partial charge on any atom is 0.284 e. The van der Waals surface area contributed by atoms with E-state index < -0.39 is 4.92 Å². The molecule has 2 aromatic carbocycles. The highest BCUT2D eigenvalue weighted by Crippen LogP contribution is 2.34. The standard InChI is InChI=1S/C20H14N2O4/c1-25-16-7-9-18(19(12-16)22(23)24)20-10-8-17(26-20)11-15(13-21)14-5-3-2-4-6-14/h2-12H,1H3/b15-11-. The Labute approximate surface area is 149 Å². The number of methoxy groups -OCH3 is 1. The Balaban J connectivity index is 2.00. The fourth-order valence-corrected chi connectivity index (χ4v) is 2.51. The van der Waals surface area contributed by atoms with Gasteiger partial charge in [-0.05, 0) is 35.9 Å². The molecule has 0 aliphatic rings. The van der Waals surface area contributed by atoms with Gasteiger partial charge in [0, 0.05) is 0 Å². The van der Waals surface area contributed by atoms with Crippen molar-refractivity contribution < 1.29 is 14.1 Å². The number of benzene rings is 2. The second-order valence-corrected chi connectivity index (χ2v) is 5.38. The van der Waals surface area contributed by atoms with Gasteiger partial charge in [-0.3, -0.25) is 10.1 Å². The molecular weight excluding hydrogens is 332 g/mol. The summed E-state index contributed by atoms with van der Waals surface area (Å²) in [6.07, 6.45) is 1.61. The van der Waals surface area contributed by atoms with E-state index in [1.54, 1.807) is 30.3 Å². The third-order valence-electron chi connectivity index (χ3n) is 3.79. The number of nitro benzene ring substituents is 1. The first-order chi connectivity index (χ1) is 12.6. The van der Waals surface area contributed by atoms with Crippen molar-refractivity contribution in [3.8, 4) is 23.1 Å². The number of hydrogen-bond acceptors (Lipinski definition) is 5. The van der Waals surface area contributed by atoms with Crippen LogP contribution in [0.4, 0.5) is 5.69 Å². The molecule has 0 bridgehead atoms. The van der Waals surface area contributed by atoms with Crippen molar-refractivity contribution in [2.24, 2.45) is 0 Å². The van der Waals surface area contributed by atoms with E-state index in [-0.39, 0.29) is 5.69 Å². The molecule has 0 saturated heterocycles. The lowest BCUT2D eigenvalue weighted by Crippen LogP contribution is -1.93. The molecule has 3 aromatic rings. The van der Waals surface area contributed by atoms with E-state index in [9.17, 15) is 15.4 Å². The summed E-state index contributed by atoms with van der Waals surface area (Å²) in [7, 11) is 1.45. The lowest BCUT2D eigenvalue weighted by molar-refractivity contribution is -0.384. The van der Waals surface area contributed by atoms with Gasteiger partial charge in [0.1, 0.15) is 17.3 Å². The summed E-state index contributed by atoms with van der Waals surface area (Å²) in [6.45, 7) is 0. The van der Waals surface area contributed by atoms with E-state index in [0.29, 0.717) is 28.4 Å². The van der Waals surface area contributed by atoms with Crippen LogP contribution in [0.2, 0.25) is 0 Å². The maximum absolute atomic E-state index is 11.3. The zero-order chi connectivity index (χ0) is 18.5. The predicted molar refractivity (Wildman–Crippen MR) is 97.3 cm³/mol. The second-order valence-electron chi connectivity index (χ2n) is 5.38. The molecule has 1 aromatic heterocycles. The molecule has 3 rings (SSSR count). The molecule has 26 heavy (non-hydrogen) atoms. The van der Waals surface area contributed by atoms with Crippen molar-refractivity contribution in [2.75, 3.05) is 7.11 Å². The first kappa shape index (κ1) is 17.0. The van der Waals surface area contributed by atoms with Crippen LogP contribution in [0.1, 0.15) is 11.3 Å². The topological polar surface area (TPSA) is 89.3 Å². The van der Waals surface area contributed by atoms with Gasteiger partial charge in [-0.15, -0.1) is 0 Å². The Bertz CT molecular complexity index is 1010. The van der Waals surface area contributed by atoms with Crippen LogP contribution in [0.25, 0.3) is 23.0 Å². The Hall–Kier alpha value is -3.85. The Morgan fingerprint density at radius 2 is 1.96 bits per heavy atom. The molecule has 0 aliphatic carbocycles. The van der Waals surface area contributed by atoms with Crippen LogP contribution in [0, 0.1) is 21.4 Å². The molecule has 6 heteroatoms. The van der Waals surface area contributed by atoms with Gasteiger partial charge in [-0.2, -0.15) is 5.26 Å². The molecule has 0 amide bonds. The van der Waals surface area contributed by atoms with Gasteiger partial charge >= 0.3 is 0 Å². The molecule has 0 N–H and O–H groups in total. The molecule has 0 unspecified atom stereocenters. The molecule has 0 aliphatic heterocycles. The Morgan fingerprint density at radius 1 is 1.19 bits per heavy atom. The lowest BCUT2D eigenvalue weighted by atomic mass is 10.1. The number of nitro groups is 1. The van der Waals surface area contributed by atoms with Crippen molar-refractivity contribution in [2.45, 2.75) is 0 Å². The molecule has 0 atom stereocenters. The summed E-state index contributed by atoms with van der Waals surface area (Å²) in [5.74, 6) is 1.17. The minimum atomic E-state index is -0.486. The number of rotatable bonds is 5. The van der Waals surface area contributed by atoms with Gasteiger partial charge in [-0.1, -0.05) is 30.3 Å². The van der Waals surface area contributed by atoms with Gasteiger partial charge in [0.15, 0.2) is 0 Å². The summed E-state index contributed by atoms with van der Waals surface area (Å²) in [5.41, 5.74) is 1.44. The fraction of sp³-hybridized carbons (Fsp3) is 0.0500. The predicted octanol–water partition coefficient (Wildman–Crippen LogP) is 4.93. The van der Waals surface area contributed by atoms with Crippen molar-refractivity contribution in [1.82, 2.24) is 0 Å². The van der Waals surface area contributed by atoms with E-state index in [1.807, 2.05) is 30.3 Å². The van der Waals surface area contributed by atoms with Crippen LogP contribution in [-0.2, 0) is 0 Å². The third-order valence-corrected chi connectivity index (χ3v) is 3.79. The number of hydrogen-bond donors (Lipinski definition) is 0. The van der Waals surface area contributed by atoms with Crippen LogP contribution < -0.4 is 4.74 Å². The largest absolute Gasteiger partial charge is 0.497 e. The molecule has 0 fully saturated rings. The number of ether oxygens (including phenoxy) is 1. The molecule has 6 nitrogen and oxygen atoms in total. The highest BCUT2D eigenvalue weighted by molar-refractivity contribution is 5.89. The van der Waals surface area contributed by atoms with E-state index in [2.05, 4.69) is 6.07 Å². The van der Waals surface area contributed by atoms with Crippen LogP contribution in [0.5, 0.6) is 5.75 Å². The van der Waals surface area contributed by atoms with Crippen LogP contribution in [0.15, 0.2) is 65.1 Å². The molecular formula is C20H14N2O4. The maximum atomic E-state index is 11.3. The first-order valence-corrected chi connectivity index (χ1v) is 7.72. The molecule has 0 spiro atoms. The third kappa shape index (κ3) is 3.47. The summed E-state index contributed by atoms with van der Waals surface area (Å²) in [6, 6.07) is 19.2. The SMILES string of the molecule is COc1ccc(-c2ccc(/C=C(/C#N)c3ccccc3)o2)c([N+](=O)[O-])c1. The fourth-order valence-electron chi connectivity index (χ4n) is 2.51. The molecule has 128 valence electrons. The number of nitrogens with zero attached hydrogens (tertiary/aromatic N) is 2. The molecule has 0 saturated carbocycles. The smallest absolute Gasteiger partial charge is 0.284 e. The molecule has 0 radical (unpaired) electrons. The Morgan fingerprint density at radius 3 is 2.62 bits per heavy atom. The number of furan rings is 1. The summed E-state index contributed by atoms with van der Waals surface area (Å²) < 4.78 is 10.8. The minimum Gasteiger partial charge on any atom is -0.497 e. The summed E-state index contributed by atoms with van der Waals surface area (Å²) >= 11 is 0. The quantitative estimate of drug-likeness (QED) is 0.371. The summed E-state index contributed by atoms with van der Waals surface area (Å²) in [5, 5.41) is 20.7. The minimum absolute atomic E-state index is 0.113. The Kier molecular flexibility index (Phi) is 4.81. The van der Waals surface area contributed by atoms with Gasteiger partial charge < -0.3 is 9.15 Å². The number of nitriles is 1. The average molecular weight is 346 g/mol. The normalized spacial score (nSPS) is 11.0. The highest BCUT2D eigenvalue weighted by Gasteiger charge is 2.19. The zero-order valence-electron chi connectivity index (χ0n) is 13.9. The van der Waals surface area contributed by atoms with Gasteiger partial charge in [0.25, 0.3) is 5.69 Å². The van der Waals surface area contributed by atoms with E-state index in [1.165, 1.54) is 13.2 Å². The van der Waals surface area contributed by atoms with Gasteiger partial charge in [0.2, 0.25) is 0 Å². The lowest BCUT2D eigenvalue weighted by Gasteiger charge is -2.03. The van der Waals surface area contributed by atoms with E-state index >= 15 is 0 Å². The number of allylic oxidation sites excluding steroid dienone is 1. The van der Waals surface area contributed by atoms with Crippen LogP contribution in [0.3, 0.4) is 0 Å². The highest BCUT2D eigenvalue weighted by atomic mass is 16.6. The average Bonchev–Trinajstić information content (AvgIpc) is 3.14. The molecule has 1 heterocycles. The van der Waals surface area contributed by atoms with Crippen molar-refractivity contribution in [1.29, 1.82) is 5.26 Å². The van der Waals surface area contributed by atoms with Crippen molar-refractivity contribution in [3.63, 3.8) is 0 Å². The second kappa shape index (κ2) is 7.36. The summed E-state index contributed by atoms with van der Waals surface area (Å²) in [4.78, 5) is 10.8. The monoisotopic (exact) mass is 346 g/mol. The van der Waals surface area contributed by atoms with Gasteiger partial charge in [-0.25, -0.2) is 0 Å². The zero-order valence-corrected chi connectivity index (χ0v) is 13.9.